The minimum Gasteiger partial charge on any atom is -0.313 e. The first-order chi connectivity index (χ1) is 8.70. The van der Waals surface area contributed by atoms with Crippen molar-refractivity contribution >= 4 is 0 Å². The molecule has 0 spiro atoms. The number of hydrogen-bond acceptors (Lipinski definition) is 1. The molecule has 2 aromatic carbocycles. The molecule has 0 saturated heterocycles. The second-order valence-electron chi connectivity index (χ2n) is 4.80. The molecular formula is C17H21N. The lowest BCUT2D eigenvalue weighted by molar-refractivity contribution is 0.727. The van der Waals surface area contributed by atoms with E-state index in [0.717, 1.165) is 13.1 Å². The van der Waals surface area contributed by atoms with Crippen LogP contribution in [0.3, 0.4) is 0 Å². The average Bonchev–Trinajstić information content (AvgIpc) is 2.39. The standard InChI is InChI=1S/C17H21N/c1-4-18-12-15-8-7-14(3)17(11-15)16-9-5-13(2)6-10-16/h5-11,18H,4,12H2,1-3H3. The number of nitrogens with one attached hydrogen (secondary N) is 1. The first kappa shape index (κ1) is 12.8. The van der Waals surface area contributed by atoms with Crippen LogP contribution in [0, 0.1) is 13.8 Å². The zero-order valence-electron chi connectivity index (χ0n) is 11.5. The molecule has 1 nitrogen and oxygen atoms in total. The molecule has 0 aromatic heterocycles. The van der Waals surface area contributed by atoms with Crippen molar-refractivity contribution in [2.45, 2.75) is 27.3 Å². The molecule has 0 aliphatic rings. The van der Waals surface area contributed by atoms with E-state index in [0.29, 0.717) is 0 Å². The molecule has 0 bridgehead atoms. The van der Waals surface area contributed by atoms with Crippen LogP contribution in [0.15, 0.2) is 42.5 Å². The molecule has 1 N–H and O–H groups in total. The van der Waals surface area contributed by atoms with Crippen LogP contribution in [-0.2, 0) is 6.54 Å². The Bertz CT molecular complexity index is 512. The molecular weight excluding hydrogens is 218 g/mol. The second-order valence-corrected chi connectivity index (χ2v) is 4.80. The SMILES string of the molecule is CCNCc1ccc(C)c(-c2ccc(C)cc2)c1. The van der Waals surface area contributed by atoms with Gasteiger partial charge in [0.05, 0.1) is 0 Å². The predicted molar refractivity (Wildman–Crippen MR) is 78.7 cm³/mol. The van der Waals surface area contributed by atoms with Crippen LogP contribution in [0.1, 0.15) is 23.6 Å². The summed E-state index contributed by atoms with van der Waals surface area (Å²) in [5, 5.41) is 3.37. The molecule has 0 aliphatic carbocycles. The highest BCUT2D eigenvalue weighted by atomic mass is 14.8. The molecule has 0 heterocycles. The smallest absolute Gasteiger partial charge is 0.0205 e. The maximum Gasteiger partial charge on any atom is 0.0205 e. The van der Waals surface area contributed by atoms with E-state index in [2.05, 4.69) is 68.6 Å². The Hall–Kier alpha value is -1.60. The minimum absolute atomic E-state index is 0.940. The van der Waals surface area contributed by atoms with Gasteiger partial charge < -0.3 is 5.32 Å². The van der Waals surface area contributed by atoms with Crippen LogP contribution in [0.5, 0.6) is 0 Å². The quantitative estimate of drug-likeness (QED) is 0.847. The van der Waals surface area contributed by atoms with Crippen LogP contribution in [0.25, 0.3) is 11.1 Å². The van der Waals surface area contributed by atoms with Crippen molar-refractivity contribution in [3.63, 3.8) is 0 Å². The lowest BCUT2D eigenvalue weighted by Gasteiger charge is -2.10. The van der Waals surface area contributed by atoms with Gasteiger partial charge in [0.2, 0.25) is 0 Å². The summed E-state index contributed by atoms with van der Waals surface area (Å²) >= 11 is 0. The van der Waals surface area contributed by atoms with Crippen molar-refractivity contribution in [2.24, 2.45) is 0 Å². The molecule has 0 amide bonds. The monoisotopic (exact) mass is 239 g/mol. The molecule has 0 aliphatic heterocycles. The fourth-order valence-corrected chi connectivity index (χ4v) is 2.09. The second kappa shape index (κ2) is 5.83. The van der Waals surface area contributed by atoms with Gasteiger partial charge in [0.15, 0.2) is 0 Å². The van der Waals surface area contributed by atoms with Gasteiger partial charge in [0, 0.05) is 6.54 Å². The molecule has 2 rings (SSSR count). The third kappa shape index (κ3) is 2.99. The third-order valence-corrected chi connectivity index (χ3v) is 3.24. The summed E-state index contributed by atoms with van der Waals surface area (Å²) in [4.78, 5) is 0. The van der Waals surface area contributed by atoms with Crippen molar-refractivity contribution in [3.05, 3.63) is 59.2 Å². The minimum atomic E-state index is 0.940. The van der Waals surface area contributed by atoms with Crippen LogP contribution >= 0.6 is 0 Å². The van der Waals surface area contributed by atoms with Gasteiger partial charge in [-0.05, 0) is 48.7 Å². The number of benzene rings is 2. The first-order valence-corrected chi connectivity index (χ1v) is 6.58. The van der Waals surface area contributed by atoms with Crippen LogP contribution in [0.2, 0.25) is 0 Å². The van der Waals surface area contributed by atoms with Crippen molar-refractivity contribution < 1.29 is 0 Å². The summed E-state index contributed by atoms with van der Waals surface area (Å²) in [6.07, 6.45) is 0. The molecule has 0 unspecified atom stereocenters. The molecule has 0 saturated carbocycles. The molecule has 94 valence electrons. The van der Waals surface area contributed by atoms with Crippen molar-refractivity contribution in [3.8, 4) is 11.1 Å². The van der Waals surface area contributed by atoms with Gasteiger partial charge >= 0.3 is 0 Å². The van der Waals surface area contributed by atoms with Gasteiger partial charge in [-0.3, -0.25) is 0 Å². The largest absolute Gasteiger partial charge is 0.313 e. The third-order valence-electron chi connectivity index (χ3n) is 3.24. The Labute approximate surface area is 110 Å². The van der Waals surface area contributed by atoms with E-state index in [1.165, 1.54) is 27.8 Å². The molecule has 1 heteroatoms. The summed E-state index contributed by atoms with van der Waals surface area (Å²) < 4.78 is 0. The maximum absolute atomic E-state index is 3.37. The Morgan fingerprint density at radius 2 is 1.67 bits per heavy atom. The van der Waals surface area contributed by atoms with Gasteiger partial charge in [0.25, 0.3) is 0 Å². The fourth-order valence-electron chi connectivity index (χ4n) is 2.09. The Morgan fingerprint density at radius 3 is 2.33 bits per heavy atom. The van der Waals surface area contributed by atoms with Gasteiger partial charge in [0.1, 0.15) is 0 Å². The van der Waals surface area contributed by atoms with E-state index in [1.54, 1.807) is 0 Å². The van der Waals surface area contributed by atoms with Crippen LogP contribution in [0.4, 0.5) is 0 Å². The highest BCUT2D eigenvalue weighted by Crippen LogP contribution is 2.24. The average molecular weight is 239 g/mol. The molecule has 18 heavy (non-hydrogen) atoms. The molecule has 0 radical (unpaired) electrons. The Kier molecular flexibility index (Phi) is 4.16. The van der Waals surface area contributed by atoms with E-state index < -0.39 is 0 Å². The molecule has 2 aromatic rings. The lowest BCUT2D eigenvalue weighted by atomic mass is 9.97. The van der Waals surface area contributed by atoms with Gasteiger partial charge in [-0.25, -0.2) is 0 Å². The Balaban J connectivity index is 2.33. The normalized spacial score (nSPS) is 10.6. The van der Waals surface area contributed by atoms with E-state index in [-0.39, 0.29) is 0 Å². The number of hydrogen-bond donors (Lipinski definition) is 1. The van der Waals surface area contributed by atoms with E-state index in [4.69, 9.17) is 0 Å². The van der Waals surface area contributed by atoms with E-state index in [1.807, 2.05) is 0 Å². The lowest BCUT2D eigenvalue weighted by Crippen LogP contribution is -2.11. The van der Waals surface area contributed by atoms with Gasteiger partial charge in [-0.2, -0.15) is 0 Å². The summed E-state index contributed by atoms with van der Waals surface area (Å²) in [6.45, 7) is 8.38. The topological polar surface area (TPSA) is 12.0 Å². The summed E-state index contributed by atoms with van der Waals surface area (Å²) in [7, 11) is 0. The zero-order valence-corrected chi connectivity index (χ0v) is 11.5. The maximum atomic E-state index is 3.37. The van der Waals surface area contributed by atoms with Gasteiger partial charge in [-0.15, -0.1) is 0 Å². The predicted octanol–water partition coefficient (Wildman–Crippen LogP) is 4.08. The van der Waals surface area contributed by atoms with Crippen LogP contribution in [-0.4, -0.2) is 6.54 Å². The highest BCUT2D eigenvalue weighted by molar-refractivity contribution is 5.68. The van der Waals surface area contributed by atoms with Crippen LogP contribution < -0.4 is 5.32 Å². The Morgan fingerprint density at radius 1 is 0.944 bits per heavy atom. The van der Waals surface area contributed by atoms with Crippen molar-refractivity contribution in [1.29, 1.82) is 0 Å². The van der Waals surface area contributed by atoms with E-state index in [9.17, 15) is 0 Å². The number of rotatable bonds is 4. The summed E-state index contributed by atoms with van der Waals surface area (Å²) in [5.74, 6) is 0. The summed E-state index contributed by atoms with van der Waals surface area (Å²) in [5.41, 5.74) is 6.62. The van der Waals surface area contributed by atoms with E-state index >= 15 is 0 Å². The molecule has 0 fully saturated rings. The highest BCUT2D eigenvalue weighted by Gasteiger charge is 2.03. The van der Waals surface area contributed by atoms with Gasteiger partial charge in [-0.1, -0.05) is 48.9 Å². The zero-order chi connectivity index (χ0) is 13.0. The summed E-state index contributed by atoms with van der Waals surface area (Å²) in [6, 6.07) is 15.5. The van der Waals surface area contributed by atoms with Crippen molar-refractivity contribution in [1.82, 2.24) is 5.32 Å². The van der Waals surface area contributed by atoms with Crippen molar-refractivity contribution in [2.75, 3.05) is 6.54 Å². The number of aryl methyl sites for hydroxylation is 2. The fraction of sp³-hybridized carbons (Fsp3) is 0.294. The molecule has 0 atom stereocenters. The first-order valence-electron chi connectivity index (χ1n) is 6.58.